The average Bonchev–Trinajstić information content (AvgIpc) is 2.70. The third-order valence-electron chi connectivity index (χ3n) is 3.77. The third-order valence-corrected chi connectivity index (χ3v) is 3.77. The highest BCUT2D eigenvalue weighted by Gasteiger charge is 2.25. The number of carbonyl (C=O) groups is 1. The highest BCUT2D eigenvalue weighted by molar-refractivity contribution is 5.68. The molecule has 1 N–H and O–H groups in total. The van der Waals surface area contributed by atoms with Crippen molar-refractivity contribution in [2.45, 2.75) is 58.2 Å². The molecular formula is C17H26FN3O2. The number of carbonyl (C=O) groups excluding carboxylic acids is 1. The summed E-state index contributed by atoms with van der Waals surface area (Å²) in [7, 11) is 0. The van der Waals surface area contributed by atoms with Gasteiger partial charge >= 0.3 is 6.09 Å². The zero-order valence-electron chi connectivity index (χ0n) is 14.1. The summed E-state index contributed by atoms with van der Waals surface area (Å²) in [6.45, 7) is 7.36. The van der Waals surface area contributed by atoms with E-state index in [1.165, 1.54) is 6.07 Å². The maximum Gasteiger partial charge on any atom is 0.410 e. The zero-order valence-corrected chi connectivity index (χ0v) is 14.1. The minimum Gasteiger partial charge on any atom is -0.444 e. The van der Waals surface area contributed by atoms with Gasteiger partial charge in [0.15, 0.2) is 0 Å². The van der Waals surface area contributed by atoms with Crippen LogP contribution in [0.4, 0.5) is 9.18 Å². The fraction of sp³-hybridized carbons (Fsp3) is 0.647. The van der Waals surface area contributed by atoms with Crippen LogP contribution in [0.25, 0.3) is 0 Å². The van der Waals surface area contributed by atoms with E-state index in [9.17, 15) is 9.18 Å². The molecule has 1 aliphatic heterocycles. The van der Waals surface area contributed by atoms with Gasteiger partial charge in [0.25, 0.3) is 0 Å². The number of rotatable bonds is 3. The number of ether oxygens (including phenoxy) is 1. The van der Waals surface area contributed by atoms with Crippen LogP contribution in [0.1, 0.15) is 45.7 Å². The van der Waals surface area contributed by atoms with Crippen LogP contribution in [-0.4, -0.2) is 40.7 Å². The Kier molecular flexibility index (Phi) is 5.93. The van der Waals surface area contributed by atoms with Crippen molar-refractivity contribution in [3.05, 3.63) is 29.8 Å². The Morgan fingerprint density at radius 3 is 2.91 bits per heavy atom. The van der Waals surface area contributed by atoms with E-state index < -0.39 is 5.60 Å². The van der Waals surface area contributed by atoms with E-state index >= 15 is 0 Å². The van der Waals surface area contributed by atoms with Gasteiger partial charge < -0.3 is 15.0 Å². The summed E-state index contributed by atoms with van der Waals surface area (Å²) < 4.78 is 19.0. The molecule has 1 fully saturated rings. The zero-order chi connectivity index (χ0) is 16.9. The highest BCUT2D eigenvalue weighted by atomic mass is 19.1. The molecule has 0 saturated carbocycles. The van der Waals surface area contributed by atoms with Gasteiger partial charge in [0.05, 0.1) is 5.69 Å². The first-order valence-electron chi connectivity index (χ1n) is 8.16. The molecule has 0 unspecified atom stereocenters. The molecule has 1 aromatic heterocycles. The number of amides is 1. The predicted molar refractivity (Wildman–Crippen MR) is 86.5 cm³/mol. The van der Waals surface area contributed by atoms with E-state index in [0.717, 1.165) is 19.3 Å². The molecule has 1 aliphatic rings. The lowest BCUT2D eigenvalue weighted by molar-refractivity contribution is 0.0256. The van der Waals surface area contributed by atoms with Crippen molar-refractivity contribution in [2.75, 3.05) is 13.1 Å². The molecule has 128 valence electrons. The second-order valence-electron chi connectivity index (χ2n) is 6.91. The van der Waals surface area contributed by atoms with Gasteiger partial charge in [-0.05, 0) is 52.2 Å². The molecule has 0 spiro atoms. The molecule has 6 heteroatoms. The highest BCUT2D eigenvalue weighted by Crippen LogP contribution is 2.16. The third kappa shape index (κ3) is 5.78. The number of hydrogen-bond donors (Lipinski definition) is 1. The Balaban J connectivity index is 1.82. The molecule has 1 atom stereocenters. The first-order valence-corrected chi connectivity index (χ1v) is 8.16. The summed E-state index contributed by atoms with van der Waals surface area (Å²) in [4.78, 5) is 17.9. The Bertz CT molecular complexity index is 531. The summed E-state index contributed by atoms with van der Waals surface area (Å²) in [5.41, 5.74) is -0.0434. The summed E-state index contributed by atoms with van der Waals surface area (Å²) in [5.74, 6) is -0.288. The van der Waals surface area contributed by atoms with Crippen molar-refractivity contribution in [2.24, 2.45) is 0 Å². The van der Waals surface area contributed by atoms with Crippen LogP contribution in [0.5, 0.6) is 0 Å². The lowest BCUT2D eigenvalue weighted by atomic mass is 10.1. The van der Waals surface area contributed by atoms with Crippen molar-refractivity contribution in [3.8, 4) is 0 Å². The van der Waals surface area contributed by atoms with Crippen LogP contribution in [0.2, 0.25) is 0 Å². The molecule has 0 aromatic carbocycles. The molecule has 1 aromatic rings. The number of pyridine rings is 1. The molecule has 0 radical (unpaired) electrons. The van der Waals surface area contributed by atoms with Crippen molar-refractivity contribution in [3.63, 3.8) is 0 Å². The van der Waals surface area contributed by atoms with Crippen molar-refractivity contribution in [1.82, 2.24) is 15.2 Å². The quantitative estimate of drug-likeness (QED) is 0.929. The van der Waals surface area contributed by atoms with Crippen LogP contribution in [0.3, 0.4) is 0 Å². The molecule has 2 heterocycles. The number of likely N-dealkylation sites (tertiary alicyclic amines) is 1. The van der Waals surface area contributed by atoms with E-state index in [1.807, 2.05) is 20.8 Å². The first-order chi connectivity index (χ1) is 10.8. The summed E-state index contributed by atoms with van der Waals surface area (Å²) in [6.07, 6.45) is 4.02. The van der Waals surface area contributed by atoms with Gasteiger partial charge in [-0.1, -0.05) is 0 Å². The predicted octanol–water partition coefficient (Wildman–Crippen LogP) is 3.10. The molecule has 0 bridgehead atoms. The normalized spacial score (nSPS) is 19.3. The maximum absolute atomic E-state index is 13.6. The van der Waals surface area contributed by atoms with Gasteiger partial charge in [0, 0.05) is 31.9 Å². The van der Waals surface area contributed by atoms with E-state index in [0.29, 0.717) is 25.3 Å². The topological polar surface area (TPSA) is 54.5 Å². The Hall–Kier alpha value is -1.69. The van der Waals surface area contributed by atoms with E-state index in [2.05, 4.69) is 10.3 Å². The number of hydrogen-bond acceptors (Lipinski definition) is 4. The number of nitrogens with one attached hydrogen (secondary N) is 1. The van der Waals surface area contributed by atoms with Crippen molar-refractivity contribution < 1.29 is 13.9 Å². The van der Waals surface area contributed by atoms with Crippen LogP contribution in [-0.2, 0) is 11.3 Å². The minimum absolute atomic E-state index is 0.254. The van der Waals surface area contributed by atoms with Crippen molar-refractivity contribution >= 4 is 6.09 Å². The number of nitrogens with zero attached hydrogens (tertiary/aromatic N) is 2. The van der Waals surface area contributed by atoms with E-state index in [4.69, 9.17) is 4.74 Å². The van der Waals surface area contributed by atoms with Gasteiger partial charge in [-0.2, -0.15) is 0 Å². The lowest BCUT2D eigenvalue weighted by Crippen LogP contribution is -2.38. The summed E-state index contributed by atoms with van der Waals surface area (Å²) >= 11 is 0. The summed E-state index contributed by atoms with van der Waals surface area (Å²) in [6, 6.07) is 3.26. The maximum atomic E-state index is 13.6. The molecule has 0 aliphatic carbocycles. The van der Waals surface area contributed by atoms with Gasteiger partial charge in [-0.3, -0.25) is 4.98 Å². The van der Waals surface area contributed by atoms with E-state index in [-0.39, 0.29) is 18.0 Å². The molecular weight excluding hydrogens is 297 g/mol. The molecule has 23 heavy (non-hydrogen) atoms. The largest absolute Gasteiger partial charge is 0.444 e. The lowest BCUT2D eigenvalue weighted by Gasteiger charge is -2.26. The molecule has 1 amide bonds. The standard InChI is InChI=1S/C17H26FN3O2/c1-17(2,3)23-16(22)21-10-5-6-13(8-11-21)20-12-15-14(18)7-4-9-19-15/h4,7,9,13,20H,5-6,8,10-12H2,1-3H3/t13-/m0/s1. The molecule has 1 saturated heterocycles. The van der Waals surface area contributed by atoms with Crippen molar-refractivity contribution in [1.29, 1.82) is 0 Å². The second kappa shape index (κ2) is 7.73. The number of halogens is 1. The summed E-state index contributed by atoms with van der Waals surface area (Å²) in [5, 5.41) is 3.35. The fourth-order valence-electron chi connectivity index (χ4n) is 2.60. The van der Waals surface area contributed by atoms with Gasteiger partial charge in [-0.25, -0.2) is 9.18 Å². The van der Waals surface area contributed by atoms with Crippen LogP contribution >= 0.6 is 0 Å². The Morgan fingerprint density at radius 2 is 2.22 bits per heavy atom. The van der Waals surface area contributed by atoms with Crippen LogP contribution < -0.4 is 5.32 Å². The SMILES string of the molecule is CC(C)(C)OC(=O)N1CCC[C@H](NCc2ncccc2F)CC1. The van der Waals surface area contributed by atoms with Gasteiger partial charge in [0.2, 0.25) is 0 Å². The minimum atomic E-state index is -0.475. The number of aromatic nitrogens is 1. The van der Waals surface area contributed by atoms with Gasteiger partial charge in [0.1, 0.15) is 11.4 Å². The fourth-order valence-corrected chi connectivity index (χ4v) is 2.60. The average molecular weight is 323 g/mol. The first kappa shape index (κ1) is 17.7. The second-order valence-corrected chi connectivity index (χ2v) is 6.91. The van der Waals surface area contributed by atoms with Crippen LogP contribution in [0.15, 0.2) is 18.3 Å². The monoisotopic (exact) mass is 323 g/mol. The Morgan fingerprint density at radius 1 is 1.43 bits per heavy atom. The molecule has 5 nitrogen and oxygen atoms in total. The smallest absolute Gasteiger partial charge is 0.410 e. The van der Waals surface area contributed by atoms with Crippen LogP contribution in [0, 0.1) is 5.82 Å². The van der Waals surface area contributed by atoms with E-state index in [1.54, 1.807) is 17.2 Å². The Labute approximate surface area is 137 Å². The molecule has 2 rings (SSSR count). The van der Waals surface area contributed by atoms with Gasteiger partial charge in [-0.15, -0.1) is 0 Å².